The highest BCUT2D eigenvalue weighted by Crippen LogP contribution is 2.20. The Kier molecular flexibility index (Phi) is 4.10. The second-order valence-corrected chi connectivity index (χ2v) is 5.64. The number of rotatable bonds is 4. The summed E-state index contributed by atoms with van der Waals surface area (Å²) in [5.41, 5.74) is 3.05. The number of amides is 1. The fourth-order valence-electron chi connectivity index (χ4n) is 2.61. The van der Waals surface area contributed by atoms with Crippen molar-refractivity contribution in [3.05, 3.63) is 84.2 Å². The van der Waals surface area contributed by atoms with Crippen molar-refractivity contribution in [1.29, 1.82) is 0 Å². The standard InChI is InChI=1S/C19H14FN5O/c20-14-6-4-13(5-7-14)17-8-10-22-18-11-16(24-25(17)18)19(26)23-12-15-3-1-2-9-21-15/h1-11H,12H2,(H,23,26). The highest BCUT2D eigenvalue weighted by atomic mass is 19.1. The Balaban J connectivity index is 1.62. The number of pyridine rings is 1. The summed E-state index contributed by atoms with van der Waals surface area (Å²) in [7, 11) is 0. The molecular formula is C19H14FN5O. The molecule has 0 aliphatic heterocycles. The molecule has 0 aliphatic carbocycles. The lowest BCUT2D eigenvalue weighted by molar-refractivity contribution is 0.0945. The Bertz CT molecular complexity index is 1060. The summed E-state index contributed by atoms with van der Waals surface area (Å²) in [5.74, 6) is -0.625. The predicted octanol–water partition coefficient (Wildman–Crippen LogP) is 2.86. The second-order valence-electron chi connectivity index (χ2n) is 5.64. The zero-order valence-electron chi connectivity index (χ0n) is 13.6. The molecule has 1 aromatic carbocycles. The van der Waals surface area contributed by atoms with Crippen molar-refractivity contribution in [2.24, 2.45) is 0 Å². The average molecular weight is 347 g/mol. The van der Waals surface area contributed by atoms with E-state index >= 15 is 0 Å². The Morgan fingerprint density at radius 3 is 2.65 bits per heavy atom. The third kappa shape index (κ3) is 3.14. The summed E-state index contributed by atoms with van der Waals surface area (Å²) < 4.78 is 14.7. The SMILES string of the molecule is O=C(NCc1ccccn1)c1cc2nccc(-c3ccc(F)cc3)n2n1. The van der Waals surface area contributed by atoms with Crippen LogP contribution in [-0.4, -0.2) is 25.5 Å². The largest absolute Gasteiger partial charge is 0.345 e. The van der Waals surface area contributed by atoms with Crippen molar-refractivity contribution in [2.75, 3.05) is 0 Å². The van der Waals surface area contributed by atoms with E-state index in [-0.39, 0.29) is 17.4 Å². The van der Waals surface area contributed by atoms with Crippen LogP contribution in [0.5, 0.6) is 0 Å². The fraction of sp³-hybridized carbons (Fsp3) is 0.0526. The van der Waals surface area contributed by atoms with Crippen LogP contribution < -0.4 is 5.32 Å². The number of halogens is 1. The number of aromatic nitrogens is 4. The smallest absolute Gasteiger partial charge is 0.272 e. The third-order valence-corrected chi connectivity index (χ3v) is 3.89. The molecule has 128 valence electrons. The van der Waals surface area contributed by atoms with E-state index in [0.29, 0.717) is 12.2 Å². The van der Waals surface area contributed by atoms with Crippen LogP contribution in [-0.2, 0) is 6.54 Å². The Morgan fingerprint density at radius 2 is 1.88 bits per heavy atom. The van der Waals surface area contributed by atoms with Gasteiger partial charge in [0.25, 0.3) is 5.91 Å². The number of carbonyl (C=O) groups excluding carboxylic acids is 1. The van der Waals surface area contributed by atoms with Crippen molar-refractivity contribution >= 4 is 11.6 Å². The molecule has 0 atom stereocenters. The summed E-state index contributed by atoms with van der Waals surface area (Å²) in [4.78, 5) is 20.8. The minimum atomic E-state index is -0.314. The molecule has 0 saturated carbocycles. The lowest BCUT2D eigenvalue weighted by Gasteiger charge is -2.04. The Hall–Kier alpha value is -3.61. The first-order chi connectivity index (χ1) is 12.7. The fourth-order valence-corrected chi connectivity index (χ4v) is 2.61. The second kappa shape index (κ2) is 6.72. The van der Waals surface area contributed by atoms with Gasteiger partial charge in [-0.05, 0) is 42.5 Å². The van der Waals surface area contributed by atoms with E-state index < -0.39 is 0 Å². The lowest BCUT2D eigenvalue weighted by Crippen LogP contribution is -2.23. The maximum absolute atomic E-state index is 13.2. The molecule has 26 heavy (non-hydrogen) atoms. The van der Waals surface area contributed by atoms with Crippen LogP contribution in [0.2, 0.25) is 0 Å². The average Bonchev–Trinajstić information content (AvgIpc) is 3.12. The maximum atomic E-state index is 13.2. The first-order valence-corrected chi connectivity index (χ1v) is 7.99. The van der Waals surface area contributed by atoms with Gasteiger partial charge in [-0.1, -0.05) is 6.07 Å². The number of nitrogens with zero attached hydrogens (tertiary/aromatic N) is 4. The van der Waals surface area contributed by atoms with Gasteiger partial charge < -0.3 is 5.32 Å². The molecule has 3 heterocycles. The molecule has 0 aliphatic rings. The molecule has 0 spiro atoms. The summed E-state index contributed by atoms with van der Waals surface area (Å²) in [6.45, 7) is 0.311. The first-order valence-electron chi connectivity index (χ1n) is 7.99. The molecule has 0 unspecified atom stereocenters. The number of fused-ring (bicyclic) bond motifs is 1. The van der Waals surface area contributed by atoms with Gasteiger partial charge in [0.2, 0.25) is 0 Å². The molecule has 0 bridgehead atoms. The molecule has 3 aromatic heterocycles. The van der Waals surface area contributed by atoms with Crippen molar-refractivity contribution in [2.45, 2.75) is 6.54 Å². The van der Waals surface area contributed by atoms with E-state index in [1.165, 1.54) is 12.1 Å². The first kappa shape index (κ1) is 15.9. The minimum absolute atomic E-state index is 0.253. The van der Waals surface area contributed by atoms with Crippen LogP contribution in [0.4, 0.5) is 4.39 Å². The molecule has 1 amide bonds. The third-order valence-electron chi connectivity index (χ3n) is 3.89. The van der Waals surface area contributed by atoms with Crippen molar-refractivity contribution in [3.8, 4) is 11.3 Å². The number of hydrogen-bond acceptors (Lipinski definition) is 4. The van der Waals surface area contributed by atoms with Crippen LogP contribution in [0.25, 0.3) is 16.9 Å². The maximum Gasteiger partial charge on any atom is 0.272 e. The van der Waals surface area contributed by atoms with E-state index in [2.05, 4.69) is 20.4 Å². The summed E-state index contributed by atoms with van der Waals surface area (Å²) in [5, 5.41) is 7.14. The van der Waals surface area contributed by atoms with Crippen molar-refractivity contribution < 1.29 is 9.18 Å². The van der Waals surface area contributed by atoms with Crippen LogP contribution in [0.15, 0.2) is 67.0 Å². The Labute approximate surface area is 148 Å². The molecule has 4 rings (SSSR count). The molecule has 6 nitrogen and oxygen atoms in total. The normalized spacial score (nSPS) is 10.8. The van der Waals surface area contributed by atoms with Crippen LogP contribution in [0, 0.1) is 5.82 Å². The van der Waals surface area contributed by atoms with Crippen LogP contribution >= 0.6 is 0 Å². The monoisotopic (exact) mass is 347 g/mol. The topological polar surface area (TPSA) is 72.2 Å². The van der Waals surface area contributed by atoms with Gasteiger partial charge >= 0.3 is 0 Å². The molecule has 4 aromatic rings. The number of benzene rings is 1. The summed E-state index contributed by atoms with van der Waals surface area (Å²) in [6, 6.07) is 15.0. The number of hydrogen-bond donors (Lipinski definition) is 1. The van der Waals surface area contributed by atoms with Crippen LogP contribution in [0.3, 0.4) is 0 Å². The van der Waals surface area contributed by atoms with E-state index in [1.54, 1.807) is 41.2 Å². The zero-order chi connectivity index (χ0) is 17.9. The van der Waals surface area contributed by atoms with E-state index in [1.807, 2.05) is 18.2 Å². The quantitative estimate of drug-likeness (QED) is 0.616. The van der Waals surface area contributed by atoms with Gasteiger partial charge in [0.15, 0.2) is 11.3 Å². The molecular weight excluding hydrogens is 333 g/mol. The van der Waals surface area contributed by atoms with E-state index in [9.17, 15) is 9.18 Å². The van der Waals surface area contributed by atoms with Gasteiger partial charge in [-0.3, -0.25) is 9.78 Å². The number of carbonyl (C=O) groups is 1. The number of nitrogens with one attached hydrogen (secondary N) is 1. The van der Waals surface area contributed by atoms with Gasteiger partial charge in [0, 0.05) is 24.0 Å². The van der Waals surface area contributed by atoms with Crippen LogP contribution in [0.1, 0.15) is 16.2 Å². The van der Waals surface area contributed by atoms with Crippen molar-refractivity contribution in [3.63, 3.8) is 0 Å². The Morgan fingerprint density at radius 1 is 1.04 bits per heavy atom. The lowest BCUT2D eigenvalue weighted by atomic mass is 10.1. The molecule has 0 saturated heterocycles. The highest BCUT2D eigenvalue weighted by molar-refractivity contribution is 5.93. The molecule has 1 N–H and O–H groups in total. The summed E-state index contributed by atoms with van der Waals surface area (Å²) >= 11 is 0. The molecule has 7 heteroatoms. The van der Waals surface area contributed by atoms with Gasteiger partial charge in [-0.15, -0.1) is 0 Å². The molecule has 0 radical (unpaired) electrons. The highest BCUT2D eigenvalue weighted by Gasteiger charge is 2.14. The minimum Gasteiger partial charge on any atom is -0.345 e. The van der Waals surface area contributed by atoms with Gasteiger partial charge in [-0.2, -0.15) is 5.10 Å². The molecule has 0 fully saturated rings. The van der Waals surface area contributed by atoms with Gasteiger partial charge in [0.05, 0.1) is 17.9 Å². The summed E-state index contributed by atoms with van der Waals surface area (Å²) in [6.07, 6.45) is 3.30. The van der Waals surface area contributed by atoms with Crippen molar-refractivity contribution in [1.82, 2.24) is 24.9 Å². The predicted molar refractivity (Wildman–Crippen MR) is 93.8 cm³/mol. The van der Waals surface area contributed by atoms with E-state index in [4.69, 9.17) is 0 Å². The zero-order valence-corrected chi connectivity index (χ0v) is 13.6. The van der Waals surface area contributed by atoms with Gasteiger partial charge in [0.1, 0.15) is 5.82 Å². The van der Waals surface area contributed by atoms with E-state index in [0.717, 1.165) is 17.0 Å². The van der Waals surface area contributed by atoms with Gasteiger partial charge in [-0.25, -0.2) is 13.9 Å².